The Kier molecular flexibility index (Phi) is 5.71. The van der Waals surface area contributed by atoms with Crippen LogP contribution in [0.4, 0.5) is 13.2 Å². The molecule has 0 fully saturated rings. The van der Waals surface area contributed by atoms with Gasteiger partial charge in [0.05, 0.1) is 12.2 Å². The first kappa shape index (κ1) is 17.4. The summed E-state index contributed by atoms with van der Waals surface area (Å²) in [6.45, 7) is 0.627. The molecular weight excluding hydrogens is 331 g/mol. The zero-order chi connectivity index (χ0) is 16.9. The quantitative estimate of drug-likeness (QED) is 0.727. The predicted molar refractivity (Wildman–Crippen MR) is 81.9 cm³/mol. The van der Waals surface area contributed by atoms with Crippen molar-refractivity contribution in [2.75, 3.05) is 6.61 Å². The van der Waals surface area contributed by atoms with E-state index in [0.29, 0.717) is 30.2 Å². The van der Waals surface area contributed by atoms with Crippen molar-refractivity contribution in [3.8, 4) is 5.75 Å². The van der Waals surface area contributed by atoms with Gasteiger partial charge in [-0.2, -0.15) is 13.2 Å². The Morgan fingerprint density at radius 2 is 1.74 bits per heavy atom. The molecule has 3 nitrogen and oxygen atoms in total. The minimum atomic E-state index is -4.45. The van der Waals surface area contributed by atoms with E-state index in [1.807, 2.05) is 0 Å². The summed E-state index contributed by atoms with van der Waals surface area (Å²) < 4.78 is 44.4. The lowest BCUT2D eigenvalue weighted by Gasteiger charge is -2.11. The number of hydrogen-bond acceptors (Lipinski definition) is 2. The zero-order valence-corrected chi connectivity index (χ0v) is 12.9. The first-order valence-corrected chi connectivity index (χ1v) is 7.40. The van der Waals surface area contributed by atoms with Crippen LogP contribution in [0.3, 0.4) is 0 Å². The van der Waals surface area contributed by atoms with E-state index in [9.17, 15) is 18.0 Å². The molecule has 0 aliphatic heterocycles. The molecule has 1 aromatic heterocycles. The van der Waals surface area contributed by atoms with E-state index >= 15 is 0 Å². The highest BCUT2D eigenvalue weighted by Crippen LogP contribution is 2.28. The van der Waals surface area contributed by atoms with E-state index in [0.717, 1.165) is 22.9 Å². The second-order valence-electron chi connectivity index (χ2n) is 4.96. The molecule has 0 N–H and O–H groups in total. The predicted octanol–water partition coefficient (Wildman–Crippen LogP) is 4.38. The molecule has 0 bridgehead atoms. The summed E-state index contributed by atoms with van der Waals surface area (Å²) in [5, 5.41) is 0.612. The first-order valence-electron chi connectivity index (χ1n) is 7.02. The number of pyridine rings is 1. The lowest BCUT2D eigenvalue weighted by atomic mass is 10.2. The molecular formula is C16H15ClF3NO2. The molecule has 0 atom stereocenters. The number of rotatable bonds is 6. The highest BCUT2D eigenvalue weighted by Gasteiger charge is 2.30. The lowest BCUT2D eigenvalue weighted by molar-refractivity contribution is -0.138. The Hall–Kier alpha value is -1.95. The Bertz CT molecular complexity index is 696. The first-order chi connectivity index (χ1) is 10.9. The summed E-state index contributed by atoms with van der Waals surface area (Å²) in [4.78, 5) is 11.6. The van der Waals surface area contributed by atoms with Crippen molar-refractivity contribution in [1.82, 2.24) is 4.57 Å². The van der Waals surface area contributed by atoms with E-state index in [4.69, 9.17) is 16.3 Å². The van der Waals surface area contributed by atoms with Crippen LogP contribution in [0.25, 0.3) is 0 Å². The Balaban J connectivity index is 1.82. The maximum absolute atomic E-state index is 12.6. The number of ether oxygens (including phenoxy) is 1. The van der Waals surface area contributed by atoms with E-state index in [1.54, 1.807) is 24.3 Å². The van der Waals surface area contributed by atoms with Crippen LogP contribution in [0.1, 0.15) is 18.4 Å². The van der Waals surface area contributed by atoms with Gasteiger partial charge in [0, 0.05) is 23.8 Å². The number of benzene rings is 1. The van der Waals surface area contributed by atoms with Gasteiger partial charge in [-0.05, 0) is 43.2 Å². The van der Waals surface area contributed by atoms with Gasteiger partial charge >= 0.3 is 6.18 Å². The van der Waals surface area contributed by atoms with E-state index in [-0.39, 0.29) is 6.54 Å². The van der Waals surface area contributed by atoms with Crippen LogP contribution in [0.15, 0.2) is 47.4 Å². The topological polar surface area (TPSA) is 31.2 Å². The molecule has 1 aromatic carbocycles. The summed E-state index contributed by atoms with van der Waals surface area (Å²) in [5.74, 6) is 0.672. The number of aryl methyl sites for hydroxylation is 1. The van der Waals surface area contributed by atoms with Gasteiger partial charge in [0.15, 0.2) is 0 Å². The second kappa shape index (κ2) is 7.55. The monoisotopic (exact) mass is 345 g/mol. The van der Waals surface area contributed by atoms with Gasteiger partial charge in [0.1, 0.15) is 5.75 Å². The number of aromatic nitrogens is 1. The van der Waals surface area contributed by atoms with E-state index in [1.165, 1.54) is 0 Å². The van der Waals surface area contributed by atoms with Gasteiger partial charge in [0.25, 0.3) is 5.56 Å². The molecule has 124 valence electrons. The molecule has 0 aliphatic carbocycles. The SMILES string of the molecule is O=c1ccc(C(F)(F)F)cn1CCCCOc1ccc(Cl)cc1. The fourth-order valence-corrected chi connectivity index (χ4v) is 2.10. The lowest BCUT2D eigenvalue weighted by Crippen LogP contribution is -2.21. The van der Waals surface area contributed by atoms with Gasteiger partial charge in [-0.15, -0.1) is 0 Å². The summed E-state index contributed by atoms with van der Waals surface area (Å²) in [6, 6.07) is 8.62. The fourth-order valence-electron chi connectivity index (χ4n) is 1.98. The zero-order valence-electron chi connectivity index (χ0n) is 12.1. The molecule has 1 heterocycles. The Morgan fingerprint density at radius 1 is 1.04 bits per heavy atom. The number of unbranched alkanes of at least 4 members (excludes halogenated alkanes) is 1. The van der Waals surface area contributed by atoms with Gasteiger partial charge in [-0.1, -0.05) is 11.6 Å². The maximum Gasteiger partial charge on any atom is 0.417 e. The minimum Gasteiger partial charge on any atom is -0.494 e. The van der Waals surface area contributed by atoms with Crippen LogP contribution in [0, 0.1) is 0 Å². The van der Waals surface area contributed by atoms with Gasteiger partial charge in [-0.25, -0.2) is 0 Å². The van der Waals surface area contributed by atoms with Gasteiger partial charge in [0.2, 0.25) is 0 Å². The van der Waals surface area contributed by atoms with Gasteiger partial charge < -0.3 is 9.30 Å². The second-order valence-corrected chi connectivity index (χ2v) is 5.39. The molecule has 0 unspecified atom stereocenters. The Labute approximate surface area is 136 Å². The van der Waals surface area contributed by atoms with Crippen LogP contribution < -0.4 is 10.3 Å². The molecule has 0 spiro atoms. The fraction of sp³-hybridized carbons (Fsp3) is 0.312. The summed E-state index contributed by atoms with van der Waals surface area (Å²) >= 11 is 5.75. The highest BCUT2D eigenvalue weighted by atomic mass is 35.5. The average Bonchev–Trinajstić information content (AvgIpc) is 2.49. The standard InChI is InChI=1S/C16H15ClF3NO2/c17-13-4-6-14(7-5-13)23-10-2-1-9-21-11-12(16(18,19)20)3-8-15(21)22/h3-8,11H,1-2,9-10H2. The van der Waals surface area contributed by atoms with Gasteiger partial charge in [-0.3, -0.25) is 4.79 Å². The normalized spacial score (nSPS) is 11.5. The molecule has 2 aromatic rings. The summed E-state index contributed by atoms with van der Waals surface area (Å²) in [7, 11) is 0. The maximum atomic E-state index is 12.6. The molecule has 2 rings (SSSR count). The molecule has 0 aliphatic rings. The third-order valence-corrected chi connectivity index (χ3v) is 3.44. The molecule has 0 radical (unpaired) electrons. The van der Waals surface area contributed by atoms with Crippen LogP contribution in [-0.2, 0) is 12.7 Å². The number of alkyl halides is 3. The van der Waals surface area contributed by atoms with Crippen molar-refractivity contribution >= 4 is 11.6 Å². The molecule has 0 amide bonds. The van der Waals surface area contributed by atoms with Crippen molar-refractivity contribution in [1.29, 1.82) is 0 Å². The molecule has 0 saturated heterocycles. The van der Waals surface area contributed by atoms with Crippen LogP contribution in [-0.4, -0.2) is 11.2 Å². The van der Waals surface area contributed by atoms with Crippen molar-refractivity contribution in [2.45, 2.75) is 25.6 Å². The Morgan fingerprint density at radius 3 is 2.39 bits per heavy atom. The molecule has 7 heteroatoms. The number of nitrogens with zero attached hydrogens (tertiary/aromatic N) is 1. The summed E-state index contributed by atoms with van der Waals surface area (Å²) in [6.07, 6.45) is -2.45. The average molecular weight is 346 g/mol. The van der Waals surface area contributed by atoms with Crippen molar-refractivity contribution in [3.63, 3.8) is 0 Å². The van der Waals surface area contributed by atoms with Crippen molar-refractivity contribution < 1.29 is 17.9 Å². The molecule has 23 heavy (non-hydrogen) atoms. The van der Waals surface area contributed by atoms with Crippen LogP contribution in [0.5, 0.6) is 5.75 Å². The van der Waals surface area contributed by atoms with Crippen molar-refractivity contribution in [2.24, 2.45) is 0 Å². The van der Waals surface area contributed by atoms with Crippen molar-refractivity contribution in [3.05, 3.63) is 63.5 Å². The summed E-state index contributed by atoms with van der Waals surface area (Å²) in [5.41, 5.74) is -1.27. The minimum absolute atomic E-state index is 0.215. The molecule has 0 saturated carbocycles. The largest absolute Gasteiger partial charge is 0.494 e. The van der Waals surface area contributed by atoms with Crippen LogP contribution >= 0.6 is 11.6 Å². The number of hydrogen-bond donors (Lipinski definition) is 0. The highest BCUT2D eigenvalue weighted by molar-refractivity contribution is 6.30. The third kappa shape index (κ3) is 5.32. The van der Waals surface area contributed by atoms with E-state index in [2.05, 4.69) is 0 Å². The third-order valence-electron chi connectivity index (χ3n) is 3.19. The van der Waals surface area contributed by atoms with Crippen LogP contribution in [0.2, 0.25) is 5.02 Å². The number of halogens is 4. The van der Waals surface area contributed by atoms with E-state index < -0.39 is 17.3 Å². The smallest absolute Gasteiger partial charge is 0.417 e.